The van der Waals surface area contributed by atoms with Crippen LogP contribution in [0.1, 0.15) is 27.2 Å². The maximum absolute atomic E-state index is 12.1. The lowest BCUT2D eigenvalue weighted by molar-refractivity contribution is 0.0289. The predicted molar refractivity (Wildman–Crippen MR) is 93.2 cm³/mol. The van der Waals surface area contributed by atoms with Gasteiger partial charge in [0.2, 0.25) is 0 Å². The Hall–Kier alpha value is -1.21. The highest BCUT2D eigenvalue weighted by Gasteiger charge is 2.29. The number of hydrogen-bond acceptors (Lipinski definition) is 6. The number of halogens is 1. The van der Waals surface area contributed by atoms with Crippen LogP contribution in [0, 0.1) is 5.92 Å². The molecule has 1 aromatic heterocycles. The molecule has 0 saturated carbocycles. The molecule has 0 aromatic carbocycles. The summed E-state index contributed by atoms with van der Waals surface area (Å²) in [5.74, 6) is 1.08. The molecular weight excluding hydrogens is 336 g/mol. The molecule has 1 aliphatic heterocycles. The van der Waals surface area contributed by atoms with Gasteiger partial charge in [0.15, 0.2) is 5.16 Å². The topological polar surface area (TPSA) is 67.4 Å². The Kier molecular flexibility index (Phi) is 5.97. The Balaban J connectivity index is 1.84. The summed E-state index contributed by atoms with van der Waals surface area (Å²) in [6.45, 7) is 7.78. The summed E-state index contributed by atoms with van der Waals surface area (Å²) in [4.78, 5) is 22.3. The van der Waals surface area contributed by atoms with Gasteiger partial charge in [0.1, 0.15) is 16.6 Å². The molecule has 2 rings (SSSR count). The first-order valence-corrected chi connectivity index (χ1v) is 9.17. The van der Waals surface area contributed by atoms with E-state index in [2.05, 4.69) is 15.3 Å². The number of carbonyl (C=O) groups excluding carboxylic acids is 1. The summed E-state index contributed by atoms with van der Waals surface area (Å²) < 4.78 is 5.40. The molecule has 2 heterocycles. The third-order valence-electron chi connectivity index (χ3n) is 3.37. The van der Waals surface area contributed by atoms with E-state index in [1.54, 1.807) is 11.0 Å². The van der Waals surface area contributed by atoms with Gasteiger partial charge in [-0.15, -0.1) is 0 Å². The number of nitrogens with one attached hydrogen (secondary N) is 1. The molecule has 23 heavy (non-hydrogen) atoms. The van der Waals surface area contributed by atoms with Crippen LogP contribution in [0.15, 0.2) is 11.2 Å². The molecule has 1 fully saturated rings. The molecule has 1 atom stereocenters. The highest BCUT2D eigenvalue weighted by Crippen LogP contribution is 2.21. The van der Waals surface area contributed by atoms with Crippen LogP contribution in [0.4, 0.5) is 10.6 Å². The monoisotopic (exact) mass is 358 g/mol. The quantitative estimate of drug-likeness (QED) is 0.504. The van der Waals surface area contributed by atoms with Crippen molar-refractivity contribution in [1.82, 2.24) is 14.9 Å². The second-order valence-electron chi connectivity index (χ2n) is 6.52. The maximum Gasteiger partial charge on any atom is 0.410 e. The van der Waals surface area contributed by atoms with Gasteiger partial charge in [-0.2, -0.15) is 0 Å². The lowest BCUT2D eigenvalue weighted by Crippen LogP contribution is -2.35. The Morgan fingerprint density at radius 1 is 1.52 bits per heavy atom. The van der Waals surface area contributed by atoms with E-state index in [1.807, 2.05) is 27.0 Å². The van der Waals surface area contributed by atoms with Gasteiger partial charge in [0.05, 0.1) is 0 Å². The van der Waals surface area contributed by atoms with Crippen LogP contribution < -0.4 is 5.32 Å². The van der Waals surface area contributed by atoms with Crippen molar-refractivity contribution in [3.8, 4) is 0 Å². The van der Waals surface area contributed by atoms with E-state index in [0.29, 0.717) is 28.6 Å². The number of aromatic nitrogens is 2. The van der Waals surface area contributed by atoms with Crippen molar-refractivity contribution in [2.45, 2.75) is 37.9 Å². The highest BCUT2D eigenvalue weighted by molar-refractivity contribution is 7.98. The number of likely N-dealkylation sites (tertiary alicyclic amines) is 1. The van der Waals surface area contributed by atoms with Gasteiger partial charge in [-0.05, 0) is 39.4 Å². The fourth-order valence-electron chi connectivity index (χ4n) is 2.32. The molecule has 0 bridgehead atoms. The molecule has 1 aliphatic rings. The van der Waals surface area contributed by atoms with Crippen LogP contribution in [-0.4, -0.2) is 52.5 Å². The summed E-state index contributed by atoms with van der Waals surface area (Å²) in [5.41, 5.74) is -0.459. The second kappa shape index (κ2) is 7.57. The molecule has 1 saturated heterocycles. The molecule has 0 spiro atoms. The minimum Gasteiger partial charge on any atom is -0.444 e. The van der Waals surface area contributed by atoms with E-state index >= 15 is 0 Å². The maximum atomic E-state index is 12.1. The van der Waals surface area contributed by atoms with Crippen LogP contribution in [0.2, 0.25) is 5.15 Å². The molecule has 1 aromatic rings. The summed E-state index contributed by atoms with van der Waals surface area (Å²) in [6, 6.07) is 1.71. The summed E-state index contributed by atoms with van der Waals surface area (Å²) in [6.07, 6.45) is 2.61. The minimum absolute atomic E-state index is 0.241. The first-order chi connectivity index (χ1) is 10.8. The smallest absolute Gasteiger partial charge is 0.410 e. The standard InChI is InChI=1S/C15H23ClN4O2S/c1-15(2,3)22-14(21)20-6-5-10(9-20)8-17-12-7-11(16)18-13(19-12)23-4/h7,10H,5-6,8-9H2,1-4H3,(H,17,18,19)/t10-/m0/s1. The summed E-state index contributed by atoms with van der Waals surface area (Å²) >= 11 is 7.43. The number of ether oxygens (including phenoxy) is 1. The third kappa shape index (κ3) is 5.73. The number of thioether (sulfide) groups is 1. The second-order valence-corrected chi connectivity index (χ2v) is 7.69. The van der Waals surface area contributed by atoms with E-state index < -0.39 is 5.60 Å². The number of anilines is 1. The zero-order chi connectivity index (χ0) is 17.0. The summed E-state index contributed by atoms with van der Waals surface area (Å²) in [5, 5.41) is 4.35. The molecule has 1 N–H and O–H groups in total. The van der Waals surface area contributed by atoms with E-state index in [4.69, 9.17) is 16.3 Å². The van der Waals surface area contributed by atoms with Crippen LogP contribution in [0.3, 0.4) is 0 Å². The van der Waals surface area contributed by atoms with Gasteiger partial charge in [-0.25, -0.2) is 14.8 Å². The summed E-state index contributed by atoms with van der Waals surface area (Å²) in [7, 11) is 0. The number of nitrogens with zero attached hydrogens (tertiary/aromatic N) is 3. The van der Waals surface area contributed by atoms with Crippen molar-refractivity contribution in [2.24, 2.45) is 5.92 Å². The Bertz CT molecular complexity index is 565. The predicted octanol–water partition coefficient (Wildman–Crippen LogP) is 3.52. The Morgan fingerprint density at radius 3 is 2.91 bits per heavy atom. The lowest BCUT2D eigenvalue weighted by atomic mass is 10.1. The van der Waals surface area contributed by atoms with Crippen LogP contribution in [0.25, 0.3) is 0 Å². The van der Waals surface area contributed by atoms with E-state index in [0.717, 1.165) is 19.5 Å². The average Bonchev–Trinajstić information content (AvgIpc) is 2.91. The van der Waals surface area contributed by atoms with Gasteiger partial charge in [-0.1, -0.05) is 23.4 Å². The molecular formula is C15H23ClN4O2S. The molecule has 0 aliphatic carbocycles. The van der Waals surface area contributed by atoms with E-state index in [-0.39, 0.29) is 6.09 Å². The molecule has 1 amide bonds. The SMILES string of the molecule is CSc1nc(Cl)cc(NC[C@@H]2CCN(C(=O)OC(C)(C)C)C2)n1. The van der Waals surface area contributed by atoms with Crippen molar-refractivity contribution >= 4 is 35.3 Å². The highest BCUT2D eigenvalue weighted by atomic mass is 35.5. The molecule has 6 nitrogen and oxygen atoms in total. The third-order valence-corrected chi connectivity index (χ3v) is 4.11. The van der Waals surface area contributed by atoms with Gasteiger partial charge in [-0.3, -0.25) is 0 Å². The molecule has 8 heteroatoms. The van der Waals surface area contributed by atoms with Crippen molar-refractivity contribution < 1.29 is 9.53 Å². The molecule has 0 unspecified atom stereocenters. The number of rotatable bonds is 4. The number of amides is 1. The minimum atomic E-state index is -0.459. The zero-order valence-electron chi connectivity index (χ0n) is 13.9. The first kappa shape index (κ1) is 18.1. The van der Waals surface area contributed by atoms with Crippen LogP contribution in [-0.2, 0) is 4.74 Å². The van der Waals surface area contributed by atoms with Gasteiger partial charge < -0.3 is 15.0 Å². The van der Waals surface area contributed by atoms with Crippen molar-refractivity contribution in [2.75, 3.05) is 31.2 Å². The van der Waals surface area contributed by atoms with E-state index in [9.17, 15) is 4.79 Å². The molecule has 0 radical (unpaired) electrons. The Morgan fingerprint density at radius 2 is 2.26 bits per heavy atom. The normalized spacial score (nSPS) is 18.1. The Labute approximate surface area is 146 Å². The van der Waals surface area contributed by atoms with Crippen molar-refractivity contribution in [1.29, 1.82) is 0 Å². The van der Waals surface area contributed by atoms with Gasteiger partial charge in [0.25, 0.3) is 0 Å². The van der Waals surface area contributed by atoms with Gasteiger partial charge in [0, 0.05) is 25.7 Å². The zero-order valence-corrected chi connectivity index (χ0v) is 15.5. The fourth-order valence-corrected chi connectivity index (χ4v) is 2.93. The van der Waals surface area contributed by atoms with Crippen LogP contribution in [0.5, 0.6) is 0 Å². The number of hydrogen-bond donors (Lipinski definition) is 1. The van der Waals surface area contributed by atoms with Crippen molar-refractivity contribution in [3.05, 3.63) is 11.2 Å². The average molecular weight is 359 g/mol. The first-order valence-electron chi connectivity index (χ1n) is 7.57. The van der Waals surface area contributed by atoms with Crippen LogP contribution >= 0.6 is 23.4 Å². The number of carbonyl (C=O) groups is 1. The fraction of sp³-hybridized carbons (Fsp3) is 0.667. The lowest BCUT2D eigenvalue weighted by Gasteiger charge is -2.24. The largest absolute Gasteiger partial charge is 0.444 e. The van der Waals surface area contributed by atoms with E-state index in [1.165, 1.54) is 11.8 Å². The van der Waals surface area contributed by atoms with Gasteiger partial charge >= 0.3 is 6.09 Å². The van der Waals surface area contributed by atoms with Crippen molar-refractivity contribution in [3.63, 3.8) is 0 Å². The molecule has 128 valence electrons.